The van der Waals surface area contributed by atoms with Crippen LogP contribution in [0.2, 0.25) is 15.5 Å². The highest BCUT2D eigenvalue weighted by Crippen LogP contribution is 2.33. The van der Waals surface area contributed by atoms with Crippen LogP contribution in [-0.2, 0) is 0 Å². The lowest BCUT2D eigenvalue weighted by molar-refractivity contribution is 0.417. The lowest BCUT2D eigenvalue weighted by Crippen LogP contribution is -1.99. The number of benzene rings is 1. The van der Waals surface area contributed by atoms with Crippen LogP contribution in [-0.4, -0.2) is 17.1 Å². The van der Waals surface area contributed by atoms with Crippen molar-refractivity contribution in [3.05, 3.63) is 39.7 Å². The molecular formula is C11H8Cl3N3O. The molecule has 0 spiro atoms. The molecule has 0 aliphatic heterocycles. The van der Waals surface area contributed by atoms with Gasteiger partial charge in [0.15, 0.2) is 11.0 Å². The average Bonchev–Trinajstić information content (AvgIpc) is 2.36. The third kappa shape index (κ3) is 2.77. The summed E-state index contributed by atoms with van der Waals surface area (Å²) in [6.07, 6.45) is 0. The summed E-state index contributed by atoms with van der Waals surface area (Å²) in [5.74, 6) is 0.977. The summed E-state index contributed by atoms with van der Waals surface area (Å²) >= 11 is 17.5. The number of hydrogen-bond donors (Lipinski definition) is 1. The van der Waals surface area contributed by atoms with Crippen molar-refractivity contribution in [1.29, 1.82) is 0 Å². The van der Waals surface area contributed by atoms with E-state index in [4.69, 9.17) is 39.5 Å². The molecular weight excluding hydrogens is 296 g/mol. The van der Waals surface area contributed by atoms with Crippen LogP contribution in [0.15, 0.2) is 24.3 Å². The maximum Gasteiger partial charge on any atom is 0.225 e. The van der Waals surface area contributed by atoms with Gasteiger partial charge in [-0.2, -0.15) is 4.98 Å². The summed E-state index contributed by atoms with van der Waals surface area (Å²) in [5, 5.41) is 3.30. The van der Waals surface area contributed by atoms with Crippen molar-refractivity contribution < 1.29 is 4.74 Å². The largest absolute Gasteiger partial charge is 0.495 e. The van der Waals surface area contributed by atoms with Crippen LogP contribution in [0.3, 0.4) is 0 Å². The number of para-hydroxylation sites is 2. The fraction of sp³-hybridized carbons (Fsp3) is 0.0909. The molecule has 0 saturated heterocycles. The summed E-state index contributed by atoms with van der Waals surface area (Å²) in [5.41, 5.74) is 0.702. The first-order chi connectivity index (χ1) is 8.61. The van der Waals surface area contributed by atoms with E-state index in [1.807, 2.05) is 18.2 Å². The van der Waals surface area contributed by atoms with E-state index in [-0.39, 0.29) is 15.5 Å². The van der Waals surface area contributed by atoms with E-state index in [1.54, 1.807) is 13.2 Å². The Balaban J connectivity index is 2.40. The molecule has 0 radical (unpaired) electrons. The Kier molecular flexibility index (Phi) is 4.11. The summed E-state index contributed by atoms with van der Waals surface area (Å²) in [6, 6.07) is 7.33. The molecule has 94 valence electrons. The third-order valence-electron chi connectivity index (χ3n) is 2.14. The third-order valence-corrected chi connectivity index (χ3v) is 3.04. The molecule has 0 atom stereocenters. The van der Waals surface area contributed by atoms with Gasteiger partial charge in [0.25, 0.3) is 0 Å². The van der Waals surface area contributed by atoms with Crippen LogP contribution >= 0.6 is 34.8 Å². The molecule has 1 N–H and O–H groups in total. The van der Waals surface area contributed by atoms with E-state index in [0.29, 0.717) is 17.3 Å². The van der Waals surface area contributed by atoms with Crippen molar-refractivity contribution in [1.82, 2.24) is 9.97 Å². The van der Waals surface area contributed by atoms with Gasteiger partial charge in [0.05, 0.1) is 12.8 Å². The van der Waals surface area contributed by atoms with Crippen LogP contribution in [0.25, 0.3) is 0 Å². The lowest BCUT2D eigenvalue weighted by atomic mass is 10.3. The lowest BCUT2D eigenvalue weighted by Gasteiger charge is -2.11. The number of nitrogens with one attached hydrogen (secondary N) is 1. The van der Waals surface area contributed by atoms with Gasteiger partial charge in [-0.15, -0.1) is 0 Å². The SMILES string of the molecule is COc1ccccc1Nc1nc(Cl)nc(Cl)c1Cl. The summed E-state index contributed by atoms with van der Waals surface area (Å²) in [6.45, 7) is 0. The summed E-state index contributed by atoms with van der Waals surface area (Å²) in [4.78, 5) is 7.71. The first-order valence-corrected chi connectivity index (χ1v) is 6.03. The highest BCUT2D eigenvalue weighted by molar-refractivity contribution is 6.43. The minimum absolute atomic E-state index is 0.0156. The van der Waals surface area contributed by atoms with Gasteiger partial charge in [0, 0.05) is 0 Å². The van der Waals surface area contributed by atoms with Crippen molar-refractivity contribution in [2.45, 2.75) is 0 Å². The number of nitrogens with zero attached hydrogens (tertiary/aromatic N) is 2. The Morgan fingerprint density at radius 2 is 1.83 bits per heavy atom. The second-order valence-corrected chi connectivity index (χ2v) is 4.35. The van der Waals surface area contributed by atoms with Crippen LogP contribution in [0.4, 0.5) is 11.5 Å². The molecule has 0 saturated carbocycles. The van der Waals surface area contributed by atoms with Gasteiger partial charge in [-0.1, -0.05) is 35.3 Å². The van der Waals surface area contributed by atoms with E-state index in [1.165, 1.54) is 0 Å². The molecule has 7 heteroatoms. The van der Waals surface area contributed by atoms with Crippen LogP contribution in [0, 0.1) is 0 Å². The van der Waals surface area contributed by atoms with Crippen molar-refractivity contribution >= 4 is 46.3 Å². The normalized spacial score (nSPS) is 10.2. The highest BCUT2D eigenvalue weighted by atomic mass is 35.5. The van der Waals surface area contributed by atoms with Gasteiger partial charge < -0.3 is 10.1 Å². The average molecular weight is 305 g/mol. The molecule has 2 aromatic rings. The number of halogens is 3. The molecule has 4 nitrogen and oxygen atoms in total. The topological polar surface area (TPSA) is 47.0 Å². The molecule has 0 unspecified atom stereocenters. The Labute approximate surface area is 119 Å². The second kappa shape index (κ2) is 5.61. The smallest absolute Gasteiger partial charge is 0.225 e. The molecule has 2 rings (SSSR count). The van der Waals surface area contributed by atoms with Gasteiger partial charge >= 0.3 is 0 Å². The van der Waals surface area contributed by atoms with Gasteiger partial charge in [-0.25, -0.2) is 4.98 Å². The van der Waals surface area contributed by atoms with E-state index in [9.17, 15) is 0 Å². The van der Waals surface area contributed by atoms with Crippen molar-refractivity contribution in [2.24, 2.45) is 0 Å². The van der Waals surface area contributed by atoms with E-state index in [2.05, 4.69) is 15.3 Å². The second-order valence-electron chi connectivity index (χ2n) is 3.27. The Hall–Kier alpha value is -1.23. The molecule has 0 fully saturated rings. The fourth-order valence-electron chi connectivity index (χ4n) is 1.35. The monoisotopic (exact) mass is 303 g/mol. The van der Waals surface area contributed by atoms with Gasteiger partial charge in [0.2, 0.25) is 5.28 Å². The Morgan fingerprint density at radius 1 is 1.11 bits per heavy atom. The van der Waals surface area contributed by atoms with Crippen LogP contribution in [0.1, 0.15) is 0 Å². The first-order valence-electron chi connectivity index (χ1n) is 4.90. The summed E-state index contributed by atoms with van der Waals surface area (Å²) < 4.78 is 5.20. The number of ether oxygens (including phenoxy) is 1. The number of aromatic nitrogens is 2. The number of hydrogen-bond acceptors (Lipinski definition) is 4. The van der Waals surface area contributed by atoms with Crippen molar-refractivity contribution in [2.75, 3.05) is 12.4 Å². The Morgan fingerprint density at radius 3 is 2.56 bits per heavy atom. The zero-order valence-electron chi connectivity index (χ0n) is 9.25. The minimum Gasteiger partial charge on any atom is -0.495 e. The zero-order valence-corrected chi connectivity index (χ0v) is 11.5. The maximum absolute atomic E-state index is 5.99. The summed E-state index contributed by atoms with van der Waals surface area (Å²) in [7, 11) is 1.57. The molecule has 0 amide bonds. The minimum atomic E-state index is 0.0156. The van der Waals surface area contributed by atoms with Crippen LogP contribution < -0.4 is 10.1 Å². The molecule has 0 aliphatic rings. The van der Waals surface area contributed by atoms with Crippen molar-refractivity contribution in [3.8, 4) is 5.75 Å². The molecule has 1 heterocycles. The zero-order chi connectivity index (χ0) is 13.1. The van der Waals surface area contributed by atoms with Gasteiger partial charge in [-0.05, 0) is 23.7 Å². The fourth-order valence-corrected chi connectivity index (χ4v) is 1.87. The highest BCUT2D eigenvalue weighted by Gasteiger charge is 2.12. The number of methoxy groups -OCH3 is 1. The van der Waals surface area contributed by atoms with Crippen molar-refractivity contribution in [3.63, 3.8) is 0 Å². The van der Waals surface area contributed by atoms with Gasteiger partial charge in [0.1, 0.15) is 10.8 Å². The van der Waals surface area contributed by atoms with Crippen LogP contribution in [0.5, 0.6) is 5.75 Å². The molecule has 18 heavy (non-hydrogen) atoms. The van der Waals surface area contributed by atoms with E-state index in [0.717, 1.165) is 0 Å². The predicted molar refractivity (Wildman–Crippen MR) is 73.3 cm³/mol. The molecule has 1 aromatic heterocycles. The Bertz CT molecular complexity index is 577. The van der Waals surface area contributed by atoms with E-state index < -0.39 is 0 Å². The first kappa shape index (κ1) is 13.2. The quantitative estimate of drug-likeness (QED) is 0.682. The predicted octanol–water partition coefficient (Wildman–Crippen LogP) is 4.19. The maximum atomic E-state index is 5.99. The molecule has 0 aliphatic carbocycles. The van der Waals surface area contributed by atoms with Gasteiger partial charge in [-0.3, -0.25) is 0 Å². The van der Waals surface area contributed by atoms with E-state index >= 15 is 0 Å². The number of anilines is 2. The number of rotatable bonds is 3. The molecule has 1 aromatic carbocycles. The molecule has 0 bridgehead atoms. The standard InChI is InChI=1S/C11H8Cl3N3O/c1-18-7-5-3-2-4-6(7)15-10-8(12)9(13)16-11(14)17-10/h2-5H,1H3,(H,15,16,17).